The molecule has 0 bridgehead atoms. The Morgan fingerprint density at radius 1 is 1.58 bits per heavy atom. The Balaban J connectivity index is 2.01. The van der Waals surface area contributed by atoms with Crippen LogP contribution in [0.2, 0.25) is 5.15 Å². The zero-order chi connectivity index (χ0) is 17.1. The average molecular weight is 378 g/mol. The fourth-order valence-corrected chi connectivity index (χ4v) is 4.86. The van der Waals surface area contributed by atoms with Gasteiger partial charge in [0.25, 0.3) is 0 Å². The summed E-state index contributed by atoms with van der Waals surface area (Å²) in [5.74, 6) is 3.43. The lowest BCUT2D eigenvalue weighted by atomic mass is 10.2. The van der Waals surface area contributed by atoms with E-state index in [1.807, 2.05) is 24.5 Å². The molecule has 3 N–H and O–H groups in total. The van der Waals surface area contributed by atoms with Crippen LogP contribution < -0.4 is 11.1 Å². The number of nitrogens with zero attached hydrogens (tertiary/aromatic N) is 1. The van der Waals surface area contributed by atoms with Crippen LogP contribution in [0.4, 0.5) is 5.69 Å². The molecule has 0 fully saturated rings. The molecule has 4 nitrogen and oxygen atoms in total. The number of thiophene rings is 1. The van der Waals surface area contributed by atoms with Crippen molar-refractivity contribution in [1.82, 2.24) is 4.98 Å². The molecule has 0 saturated heterocycles. The van der Waals surface area contributed by atoms with Gasteiger partial charge < -0.3 is 15.5 Å². The number of halogens is 1. The molecule has 24 heavy (non-hydrogen) atoms. The number of pyridine rings is 1. The monoisotopic (exact) mass is 377 g/mol. The van der Waals surface area contributed by atoms with Crippen LogP contribution in [0.5, 0.6) is 0 Å². The Hall–Kier alpha value is -1.65. The maximum absolute atomic E-state index is 6.22. The van der Waals surface area contributed by atoms with Gasteiger partial charge in [0.2, 0.25) is 0 Å². The minimum Gasteiger partial charge on any atom is -0.467 e. The molecule has 0 aromatic carbocycles. The highest BCUT2D eigenvalue weighted by atomic mass is 35.5. The third-order valence-corrected chi connectivity index (χ3v) is 5.90. The van der Waals surface area contributed by atoms with Crippen LogP contribution in [-0.2, 0) is 13.0 Å². The molecular weight excluding hydrogens is 362 g/mol. The largest absolute Gasteiger partial charge is 0.467 e. The first-order chi connectivity index (χ1) is 11.6. The molecule has 0 spiro atoms. The van der Waals surface area contributed by atoms with Crippen LogP contribution >= 0.6 is 34.7 Å². The van der Waals surface area contributed by atoms with Crippen molar-refractivity contribution in [2.75, 3.05) is 11.6 Å². The van der Waals surface area contributed by atoms with Crippen molar-refractivity contribution in [3.63, 3.8) is 0 Å². The third kappa shape index (κ3) is 3.55. The zero-order valence-corrected chi connectivity index (χ0v) is 15.4. The summed E-state index contributed by atoms with van der Waals surface area (Å²) >= 11 is 9.51. The first-order valence-corrected chi connectivity index (χ1v) is 9.68. The number of anilines is 1. The maximum atomic E-state index is 6.22. The van der Waals surface area contributed by atoms with Crippen molar-refractivity contribution in [2.45, 2.75) is 23.9 Å². The second kappa shape index (κ2) is 7.49. The molecule has 0 aliphatic rings. The number of nitrogens with two attached hydrogens (primary N) is 1. The van der Waals surface area contributed by atoms with E-state index in [0.717, 1.165) is 31.4 Å². The number of thioether (sulfide) groups is 1. The van der Waals surface area contributed by atoms with E-state index < -0.39 is 0 Å². The molecule has 3 heterocycles. The fourth-order valence-electron chi connectivity index (χ4n) is 2.39. The van der Waals surface area contributed by atoms with E-state index in [2.05, 4.69) is 16.2 Å². The van der Waals surface area contributed by atoms with E-state index in [9.17, 15) is 0 Å². The SMILES string of the molecule is C#CC(N)Cc1sc2c(NCc3ccco3)cc(Cl)nc2c1SC. The second-order valence-corrected chi connectivity index (χ2v) is 7.45. The van der Waals surface area contributed by atoms with Crippen LogP contribution in [0.15, 0.2) is 33.8 Å². The predicted molar refractivity (Wildman–Crippen MR) is 103 cm³/mol. The highest BCUT2D eigenvalue weighted by Crippen LogP contribution is 2.41. The average Bonchev–Trinajstić information content (AvgIpc) is 3.19. The molecule has 0 saturated carbocycles. The summed E-state index contributed by atoms with van der Waals surface area (Å²) in [6, 6.07) is 5.31. The van der Waals surface area contributed by atoms with E-state index >= 15 is 0 Å². The number of nitrogens with one attached hydrogen (secondary N) is 1. The molecule has 1 unspecified atom stereocenters. The van der Waals surface area contributed by atoms with Crippen LogP contribution in [0.3, 0.4) is 0 Å². The van der Waals surface area contributed by atoms with Gasteiger partial charge in [-0.1, -0.05) is 17.5 Å². The van der Waals surface area contributed by atoms with Crippen molar-refractivity contribution in [2.24, 2.45) is 5.73 Å². The molecule has 3 rings (SSSR count). The normalized spacial score (nSPS) is 12.2. The first-order valence-electron chi connectivity index (χ1n) is 7.26. The highest BCUT2D eigenvalue weighted by molar-refractivity contribution is 7.99. The van der Waals surface area contributed by atoms with Gasteiger partial charge in [0.1, 0.15) is 10.9 Å². The van der Waals surface area contributed by atoms with Gasteiger partial charge in [-0.3, -0.25) is 0 Å². The van der Waals surface area contributed by atoms with Crippen molar-refractivity contribution in [3.8, 4) is 12.3 Å². The van der Waals surface area contributed by atoms with Gasteiger partial charge in [-0.05, 0) is 18.4 Å². The molecule has 124 valence electrons. The Labute approximate surface area is 153 Å². The molecule has 3 aromatic rings. The number of hydrogen-bond acceptors (Lipinski definition) is 6. The van der Waals surface area contributed by atoms with Gasteiger partial charge in [0.05, 0.1) is 34.8 Å². The van der Waals surface area contributed by atoms with E-state index in [4.69, 9.17) is 28.2 Å². The fraction of sp³-hybridized carbons (Fsp3) is 0.235. The number of furan rings is 1. The first kappa shape index (κ1) is 17.2. The van der Waals surface area contributed by atoms with Crippen LogP contribution in [0.1, 0.15) is 10.6 Å². The molecule has 0 aliphatic carbocycles. The maximum Gasteiger partial charge on any atom is 0.131 e. The van der Waals surface area contributed by atoms with E-state index in [-0.39, 0.29) is 6.04 Å². The molecule has 7 heteroatoms. The summed E-state index contributed by atoms with van der Waals surface area (Å²) in [5, 5.41) is 3.82. The van der Waals surface area contributed by atoms with Crippen LogP contribution in [0, 0.1) is 12.3 Å². The van der Waals surface area contributed by atoms with Crippen molar-refractivity contribution >= 4 is 50.6 Å². The molecular formula is C17H16ClN3OS2. The highest BCUT2D eigenvalue weighted by Gasteiger charge is 2.18. The van der Waals surface area contributed by atoms with E-state index in [1.165, 1.54) is 0 Å². The quantitative estimate of drug-likeness (QED) is 0.379. The summed E-state index contributed by atoms with van der Waals surface area (Å²) in [7, 11) is 0. The summed E-state index contributed by atoms with van der Waals surface area (Å²) in [5.41, 5.74) is 7.75. The number of aromatic nitrogens is 1. The second-order valence-electron chi connectivity index (χ2n) is 5.14. The molecule has 1 atom stereocenters. The lowest BCUT2D eigenvalue weighted by molar-refractivity contribution is 0.518. The lowest BCUT2D eigenvalue weighted by Crippen LogP contribution is -2.19. The van der Waals surface area contributed by atoms with Gasteiger partial charge in [-0.25, -0.2) is 4.98 Å². The third-order valence-electron chi connectivity index (χ3n) is 3.49. The molecule has 0 radical (unpaired) electrons. The van der Waals surface area contributed by atoms with Gasteiger partial charge in [-0.2, -0.15) is 0 Å². The number of rotatable bonds is 6. The number of fused-ring (bicyclic) bond motifs is 1. The molecule has 3 aromatic heterocycles. The predicted octanol–water partition coefficient (Wildman–Crippen LogP) is 4.38. The molecule has 0 amide bonds. The topological polar surface area (TPSA) is 64.1 Å². The Morgan fingerprint density at radius 3 is 3.08 bits per heavy atom. The van der Waals surface area contributed by atoms with Crippen molar-refractivity contribution < 1.29 is 4.42 Å². The van der Waals surface area contributed by atoms with Gasteiger partial charge in [-0.15, -0.1) is 29.5 Å². The minimum absolute atomic E-state index is 0.307. The smallest absolute Gasteiger partial charge is 0.131 e. The summed E-state index contributed by atoms with van der Waals surface area (Å²) in [6.07, 6.45) is 9.73. The van der Waals surface area contributed by atoms with E-state index in [0.29, 0.717) is 18.1 Å². The van der Waals surface area contributed by atoms with Gasteiger partial charge >= 0.3 is 0 Å². The number of terminal acetylenes is 1. The lowest BCUT2D eigenvalue weighted by Gasteiger charge is -2.06. The standard InChI is InChI=1S/C17H16ClN3OS2/c1-3-10(19)7-13-17(23-2)15-16(24-13)12(8-14(18)21-15)20-9-11-5-4-6-22-11/h1,4-6,8,10H,7,9,19H2,2H3,(H,20,21). The van der Waals surface area contributed by atoms with Crippen LogP contribution in [0.25, 0.3) is 10.2 Å². The minimum atomic E-state index is -0.307. The van der Waals surface area contributed by atoms with Gasteiger partial charge in [0.15, 0.2) is 0 Å². The summed E-state index contributed by atoms with van der Waals surface area (Å²) < 4.78 is 6.41. The molecule has 0 aliphatic heterocycles. The van der Waals surface area contributed by atoms with Crippen LogP contribution in [-0.4, -0.2) is 17.3 Å². The van der Waals surface area contributed by atoms with Gasteiger partial charge in [0, 0.05) is 22.3 Å². The van der Waals surface area contributed by atoms with Crippen molar-refractivity contribution in [1.29, 1.82) is 0 Å². The summed E-state index contributed by atoms with van der Waals surface area (Å²) in [4.78, 5) is 6.73. The Bertz CT molecular complexity index is 884. The van der Waals surface area contributed by atoms with E-state index in [1.54, 1.807) is 29.4 Å². The van der Waals surface area contributed by atoms with Crippen molar-refractivity contribution in [3.05, 3.63) is 40.3 Å². The summed E-state index contributed by atoms with van der Waals surface area (Å²) in [6.45, 7) is 0.578. The Morgan fingerprint density at radius 2 is 2.42 bits per heavy atom. The number of hydrogen-bond donors (Lipinski definition) is 2. The zero-order valence-electron chi connectivity index (χ0n) is 13.0. The Kier molecular flexibility index (Phi) is 5.36.